The molecule has 0 bridgehead atoms. The van der Waals surface area contributed by atoms with Crippen molar-refractivity contribution in [2.45, 2.75) is 65.5 Å². The second kappa shape index (κ2) is 16.1. The van der Waals surface area contributed by atoms with Crippen LogP contribution in [0.15, 0.2) is 69.2 Å². The van der Waals surface area contributed by atoms with Crippen LogP contribution in [-0.4, -0.2) is 90.1 Å². The van der Waals surface area contributed by atoms with Crippen LogP contribution in [0, 0.1) is 0 Å². The van der Waals surface area contributed by atoms with E-state index < -0.39 is 0 Å². The van der Waals surface area contributed by atoms with Crippen molar-refractivity contribution in [2.75, 3.05) is 46.3 Å². The lowest BCUT2D eigenvalue weighted by atomic mass is 10.1. The number of rotatable bonds is 12. The summed E-state index contributed by atoms with van der Waals surface area (Å²) in [6, 6.07) is 14.9. The lowest BCUT2D eigenvalue weighted by Crippen LogP contribution is -2.57. The minimum atomic E-state index is -0.337. The summed E-state index contributed by atoms with van der Waals surface area (Å²) in [6.07, 6.45) is 4.15. The van der Waals surface area contributed by atoms with Gasteiger partial charge in [0.1, 0.15) is 0 Å². The highest BCUT2D eigenvalue weighted by Crippen LogP contribution is 2.24. The van der Waals surface area contributed by atoms with Crippen LogP contribution in [0.2, 0.25) is 0 Å². The maximum Gasteiger partial charge on any atom is 0.338 e. The molecule has 12 nitrogen and oxygen atoms in total. The van der Waals surface area contributed by atoms with Gasteiger partial charge in [0, 0.05) is 25.2 Å². The van der Waals surface area contributed by atoms with E-state index in [0.29, 0.717) is 61.1 Å². The summed E-state index contributed by atoms with van der Waals surface area (Å²) < 4.78 is 10.1. The molecule has 2 aliphatic rings. The van der Waals surface area contributed by atoms with Crippen molar-refractivity contribution in [3.63, 3.8) is 0 Å². The van der Waals surface area contributed by atoms with E-state index in [4.69, 9.17) is 9.47 Å². The Bertz CT molecular complexity index is 1140. The van der Waals surface area contributed by atoms with E-state index in [0.717, 1.165) is 45.4 Å². The van der Waals surface area contributed by atoms with Gasteiger partial charge in [-0.15, -0.1) is 10.2 Å². The molecule has 2 atom stereocenters. The minimum absolute atomic E-state index is 0.337. The molecule has 0 radical (unpaired) electrons. The van der Waals surface area contributed by atoms with Gasteiger partial charge in [-0.1, -0.05) is 24.3 Å². The number of carbonyl (C=O) groups excluding carboxylic acids is 2. The molecule has 4 rings (SSSR count). The lowest BCUT2D eigenvalue weighted by molar-refractivity contribution is -0.0546. The van der Waals surface area contributed by atoms with Gasteiger partial charge in [0.05, 0.1) is 55.7 Å². The summed E-state index contributed by atoms with van der Waals surface area (Å²) in [5.74, 6) is -0.674. The molecule has 0 spiro atoms. The van der Waals surface area contributed by atoms with Gasteiger partial charge >= 0.3 is 11.9 Å². The van der Waals surface area contributed by atoms with E-state index in [1.165, 1.54) is 0 Å². The molecule has 0 amide bonds. The van der Waals surface area contributed by atoms with Crippen LogP contribution in [0.3, 0.4) is 0 Å². The average Bonchev–Trinajstić information content (AvgIpc) is 3.03. The highest BCUT2D eigenvalue weighted by Gasteiger charge is 2.31. The van der Waals surface area contributed by atoms with Crippen molar-refractivity contribution >= 4 is 23.3 Å². The van der Waals surface area contributed by atoms with Crippen molar-refractivity contribution in [1.82, 2.24) is 19.8 Å². The third kappa shape index (κ3) is 9.04. The van der Waals surface area contributed by atoms with E-state index in [2.05, 4.69) is 44.3 Å². The van der Waals surface area contributed by atoms with E-state index in [-0.39, 0.29) is 11.9 Å². The number of hydrogen-bond donors (Lipinski definition) is 0. The highest BCUT2D eigenvalue weighted by molar-refractivity contribution is 5.90. The second-order valence-corrected chi connectivity index (χ2v) is 10.7. The molecule has 2 heterocycles. The highest BCUT2D eigenvalue weighted by atomic mass is 16.5. The summed E-state index contributed by atoms with van der Waals surface area (Å²) in [5.41, 5.74) is 2.39. The van der Waals surface area contributed by atoms with E-state index in [1.807, 2.05) is 10.0 Å². The topological polar surface area (TPSA) is 115 Å². The Hall–Kier alpha value is -3.90. The maximum atomic E-state index is 11.9. The quantitative estimate of drug-likeness (QED) is 0.212. The van der Waals surface area contributed by atoms with Crippen LogP contribution >= 0.6 is 0 Å². The van der Waals surface area contributed by atoms with Crippen LogP contribution in [0.5, 0.6) is 0 Å². The van der Waals surface area contributed by atoms with E-state index in [1.54, 1.807) is 62.4 Å². The lowest BCUT2D eigenvalue weighted by Gasteiger charge is -2.46. The number of ether oxygens (including phenoxy) is 2. The van der Waals surface area contributed by atoms with Crippen molar-refractivity contribution in [2.24, 2.45) is 20.7 Å². The SMILES string of the molecule is CCOC(=O)c1ccc(N=NN2CCC(CC)N(CN3CN(N=Nc4ccc(C(=O)OCC)cc4)CCC3CC)C2)cc1. The van der Waals surface area contributed by atoms with Crippen LogP contribution in [0.4, 0.5) is 11.4 Å². The Labute approximate surface area is 254 Å². The monoisotopic (exact) mass is 592 g/mol. The van der Waals surface area contributed by atoms with Crippen LogP contribution in [0.1, 0.15) is 74.1 Å². The van der Waals surface area contributed by atoms with Gasteiger partial charge in [-0.05, 0) is 88.1 Å². The Morgan fingerprint density at radius 2 is 1.07 bits per heavy atom. The van der Waals surface area contributed by atoms with E-state index >= 15 is 0 Å². The Morgan fingerprint density at radius 1 is 0.674 bits per heavy atom. The Morgan fingerprint density at radius 3 is 1.42 bits per heavy atom. The molecular formula is C31H44N8O4. The molecule has 0 aliphatic carbocycles. The molecule has 43 heavy (non-hydrogen) atoms. The zero-order chi connectivity index (χ0) is 30.6. The van der Waals surface area contributed by atoms with Crippen molar-refractivity contribution < 1.29 is 19.1 Å². The molecule has 2 aliphatic heterocycles. The zero-order valence-corrected chi connectivity index (χ0v) is 25.8. The van der Waals surface area contributed by atoms with Gasteiger partial charge in [0.2, 0.25) is 0 Å². The summed E-state index contributed by atoms with van der Waals surface area (Å²) >= 11 is 0. The summed E-state index contributed by atoms with van der Waals surface area (Å²) in [6.45, 7) is 12.6. The fraction of sp³-hybridized carbons (Fsp3) is 0.548. The molecule has 2 unspecified atom stereocenters. The first kappa shape index (κ1) is 32.0. The van der Waals surface area contributed by atoms with E-state index in [9.17, 15) is 9.59 Å². The fourth-order valence-corrected chi connectivity index (χ4v) is 5.36. The second-order valence-electron chi connectivity index (χ2n) is 10.7. The summed E-state index contributed by atoms with van der Waals surface area (Å²) in [5, 5.41) is 21.9. The zero-order valence-electron chi connectivity index (χ0n) is 25.8. The number of benzene rings is 2. The van der Waals surface area contributed by atoms with Crippen LogP contribution < -0.4 is 0 Å². The third-order valence-corrected chi connectivity index (χ3v) is 7.80. The minimum Gasteiger partial charge on any atom is -0.462 e. The Balaban J connectivity index is 1.36. The summed E-state index contributed by atoms with van der Waals surface area (Å²) in [7, 11) is 0. The van der Waals surface area contributed by atoms with Gasteiger partial charge < -0.3 is 9.47 Å². The van der Waals surface area contributed by atoms with Gasteiger partial charge in [-0.2, -0.15) is 0 Å². The predicted octanol–water partition coefficient (Wildman–Crippen LogP) is 6.18. The van der Waals surface area contributed by atoms with Crippen LogP contribution in [-0.2, 0) is 9.47 Å². The van der Waals surface area contributed by atoms with Crippen molar-refractivity contribution in [1.29, 1.82) is 0 Å². The standard InChI is InChI=1S/C31H44N8O4/c1-5-28-17-19-38(34-32-26-13-9-24(10-14-26)30(40)42-7-3)22-36(28)21-37-23-39(20-18-29(37)6-2)35-33-27-15-11-25(12-16-27)31(41)43-8-4/h9-16,28-29H,5-8,17-23H2,1-4H3. The van der Waals surface area contributed by atoms with Gasteiger partial charge in [0.25, 0.3) is 0 Å². The molecule has 2 aromatic rings. The first-order valence-electron chi connectivity index (χ1n) is 15.3. The normalized spacial score (nSPS) is 20.2. The fourth-order valence-electron chi connectivity index (χ4n) is 5.36. The van der Waals surface area contributed by atoms with Crippen molar-refractivity contribution in [3.05, 3.63) is 59.7 Å². The maximum absolute atomic E-state index is 11.9. The molecular weight excluding hydrogens is 548 g/mol. The first-order chi connectivity index (χ1) is 20.9. The predicted molar refractivity (Wildman–Crippen MR) is 163 cm³/mol. The van der Waals surface area contributed by atoms with Gasteiger partial charge in [-0.3, -0.25) is 19.8 Å². The summed E-state index contributed by atoms with van der Waals surface area (Å²) in [4.78, 5) is 28.8. The molecule has 12 heteroatoms. The number of nitrogens with zero attached hydrogens (tertiary/aromatic N) is 8. The van der Waals surface area contributed by atoms with Crippen LogP contribution in [0.25, 0.3) is 0 Å². The third-order valence-electron chi connectivity index (χ3n) is 7.80. The first-order valence-corrected chi connectivity index (χ1v) is 15.3. The molecule has 0 N–H and O–H groups in total. The smallest absolute Gasteiger partial charge is 0.338 e. The van der Waals surface area contributed by atoms with Crippen molar-refractivity contribution in [3.8, 4) is 0 Å². The van der Waals surface area contributed by atoms with Gasteiger partial charge in [-0.25, -0.2) is 9.59 Å². The number of esters is 2. The molecule has 0 saturated carbocycles. The molecule has 2 fully saturated rings. The Kier molecular flexibility index (Phi) is 12.0. The number of carbonyl (C=O) groups is 2. The molecule has 0 aromatic heterocycles. The molecule has 2 aromatic carbocycles. The average molecular weight is 593 g/mol. The largest absolute Gasteiger partial charge is 0.462 e. The molecule has 2 saturated heterocycles. The number of hydrogen-bond acceptors (Lipinski definition) is 10. The van der Waals surface area contributed by atoms with Gasteiger partial charge in [0.15, 0.2) is 0 Å². The molecule has 232 valence electrons.